The molecule has 0 aliphatic rings. The van der Waals surface area contributed by atoms with Crippen molar-refractivity contribution >= 4 is 11.9 Å². The van der Waals surface area contributed by atoms with E-state index in [4.69, 9.17) is 10.2 Å². The van der Waals surface area contributed by atoms with Gasteiger partial charge < -0.3 is 20.1 Å². The van der Waals surface area contributed by atoms with E-state index in [9.17, 15) is 9.59 Å². The number of carboxylic acid groups (broad SMARTS) is 1. The number of aromatic carboxylic acids is 1. The zero-order chi connectivity index (χ0) is 15.4. The molecular formula is C14H22N2O4. The van der Waals surface area contributed by atoms with Crippen molar-refractivity contribution in [1.82, 2.24) is 9.88 Å². The summed E-state index contributed by atoms with van der Waals surface area (Å²) in [6.45, 7) is 7.57. The molecule has 0 atom stereocenters. The molecule has 3 N–H and O–H groups in total. The summed E-state index contributed by atoms with van der Waals surface area (Å²) < 4.78 is 0. The fourth-order valence-electron chi connectivity index (χ4n) is 2.26. The molecule has 0 aliphatic heterocycles. The Morgan fingerprint density at radius 1 is 1.30 bits per heavy atom. The molecule has 6 heteroatoms. The van der Waals surface area contributed by atoms with Gasteiger partial charge in [-0.05, 0) is 39.7 Å². The summed E-state index contributed by atoms with van der Waals surface area (Å²) in [6, 6.07) is -0.0176. The minimum absolute atomic E-state index is 0.0159. The van der Waals surface area contributed by atoms with Gasteiger partial charge in [-0.25, -0.2) is 4.79 Å². The summed E-state index contributed by atoms with van der Waals surface area (Å²) in [7, 11) is 0. The largest absolute Gasteiger partial charge is 0.477 e. The van der Waals surface area contributed by atoms with Gasteiger partial charge in [0.1, 0.15) is 5.69 Å². The number of aryl methyl sites for hydroxylation is 1. The van der Waals surface area contributed by atoms with Crippen molar-refractivity contribution in [3.8, 4) is 0 Å². The molecule has 1 heterocycles. The van der Waals surface area contributed by atoms with Crippen LogP contribution in [0.1, 0.15) is 52.4 Å². The highest BCUT2D eigenvalue weighted by Gasteiger charge is 2.26. The summed E-state index contributed by atoms with van der Waals surface area (Å²) in [5.74, 6) is -1.27. The highest BCUT2D eigenvalue weighted by atomic mass is 16.4. The molecule has 0 saturated carbocycles. The Kier molecular flexibility index (Phi) is 5.33. The maximum Gasteiger partial charge on any atom is 0.352 e. The van der Waals surface area contributed by atoms with E-state index >= 15 is 0 Å². The van der Waals surface area contributed by atoms with Crippen LogP contribution in [0.15, 0.2) is 0 Å². The number of nitrogens with one attached hydrogen (secondary N) is 1. The third-order valence-electron chi connectivity index (χ3n) is 3.31. The number of aliphatic hydroxyl groups is 1. The number of hydrogen-bond acceptors (Lipinski definition) is 3. The molecule has 20 heavy (non-hydrogen) atoms. The van der Waals surface area contributed by atoms with Gasteiger partial charge in [-0.3, -0.25) is 4.79 Å². The van der Waals surface area contributed by atoms with E-state index in [-0.39, 0.29) is 24.2 Å². The number of amides is 1. The van der Waals surface area contributed by atoms with Crippen molar-refractivity contribution in [2.24, 2.45) is 0 Å². The first-order valence-electron chi connectivity index (χ1n) is 6.65. The number of nitrogens with zero attached hydrogens (tertiary/aromatic N) is 1. The lowest BCUT2D eigenvalue weighted by atomic mass is 10.1. The smallest absolute Gasteiger partial charge is 0.352 e. The Morgan fingerprint density at radius 2 is 1.90 bits per heavy atom. The van der Waals surface area contributed by atoms with E-state index in [1.54, 1.807) is 18.7 Å². The minimum atomic E-state index is -1.07. The second kappa shape index (κ2) is 6.56. The van der Waals surface area contributed by atoms with E-state index in [2.05, 4.69) is 4.98 Å². The average molecular weight is 282 g/mol. The van der Waals surface area contributed by atoms with Gasteiger partial charge >= 0.3 is 5.97 Å². The molecule has 0 unspecified atom stereocenters. The van der Waals surface area contributed by atoms with Crippen LogP contribution in [0.3, 0.4) is 0 Å². The molecular weight excluding hydrogens is 260 g/mol. The van der Waals surface area contributed by atoms with Crippen LogP contribution in [0, 0.1) is 13.8 Å². The van der Waals surface area contributed by atoms with Gasteiger partial charge in [-0.15, -0.1) is 0 Å². The maximum atomic E-state index is 12.6. The van der Waals surface area contributed by atoms with Crippen LogP contribution in [0.2, 0.25) is 0 Å². The third kappa shape index (κ3) is 3.19. The summed E-state index contributed by atoms with van der Waals surface area (Å²) >= 11 is 0. The number of hydrogen-bond donors (Lipinski definition) is 3. The van der Waals surface area contributed by atoms with Crippen LogP contribution in [-0.4, -0.2) is 51.2 Å². The van der Waals surface area contributed by atoms with Crippen molar-refractivity contribution in [2.75, 3.05) is 13.2 Å². The van der Waals surface area contributed by atoms with E-state index in [0.717, 1.165) is 0 Å². The zero-order valence-electron chi connectivity index (χ0n) is 12.4. The lowest BCUT2D eigenvalue weighted by Gasteiger charge is -2.27. The standard InChI is InChI=1S/C14H22N2O4/c1-8(2)16(6-5-7-17)13(18)11-9(3)12(14(19)20)15-10(11)4/h8,15,17H,5-7H2,1-4H3,(H,19,20). The van der Waals surface area contributed by atoms with Crippen molar-refractivity contribution < 1.29 is 19.8 Å². The Labute approximate surface area is 118 Å². The van der Waals surface area contributed by atoms with Crippen molar-refractivity contribution in [3.63, 3.8) is 0 Å². The summed E-state index contributed by atoms with van der Waals surface area (Å²) in [4.78, 5) is 28.1. The highest BCUT2D eigenvalue weighted by molar-refractivity contribution is 6.00. The molecule has 0 aromatic carbocycles. The van der Waals surface area contributed by atoms with Crippen molar-refractivity contribution in [3.05, 3.63) is 22.5 Å². The number of H-pyrrole nitrogens is 1. The second-order valence-corrected chi connectivity index (χ2v) is 5.10. The molecule has 0 radical (unpaired) electrons. The zero-order valence-corrected chi connectivity index (χ0v) is 12.4. The summed E-state index contributed by atoms with van der Waals surface area (Å²) in [5, 5.41) is 18.0. The predicted octanol–water partition coefficient (Wildman–Crippen LogP) is 1.56. The molecule has 0 bridgehead atoms. The Bertz CT molecular complexity index is 506. The molecule has 1 rings (SSSR count). The number of carbonyl (C=O) groups is 2. The number of aromatic amines is 1. The lowest BCUT2D eigenvalue weighted by molar-refractivity contribution is 0.0687. The van der Waals surface area contributed by atoms with Crippen LogP contribution >= 0.6 is 0 Å². The Hall–Kier alpha value is -1.82. The molecule has 0 saturated heterocycles. The molecule has 6 nitrogen and oxygen atoms in total. The maximum absolute atomic E-state index is 12.6. The van der Waals surface area contributed by atoms with Crippen molar-refractivity contribution in [1.29, 1.82) is 0 Å². The lowest BCUT2D eigenvalue weighted by Crippen LogP contribution is -2.38. The highest BCUT2D eigenvalue weighted by Crippen LogP contribution is 2.21. The normalized spacial score (nSPS) is 10.9. The first kappa shape index (κ1) is 16.2. The van der Waals surface area contributed by atoms with E-state index < -0.39 is 5.97 Å². The fraction of sp³-hybridized carbons (Fsp3) is 0.571. The van der Waals surface area contributed by atoms with Crippen LogP contribution < -0.4 is 0 Å². The van der Waals surface area contributed by atoms with Gasteiger partial charge in [0.2, 0.25) is 0 Å². The topological polar surface area (TPSA) is 93.6 Å². The van der Waals surface area contributed by atoms with E-state index in [1.165, 1.54) is 0 Å². The number of aliphatic hydroxyl groups excluding tert-OH is 1. The Balaban J connectivity index is 3.15. The van der Waals surface area contributed by atoms with Crippen LogP contribution in [0.5, 0.6) is 0 Å². The molecule has 0 aliphatic carbocycles. The monoisotopic (exact) mass is 282 g/mol. The molecule has 1 aromatic rings. The van der Waals surface area contributed by atoms with Gasteiger partial charge in [0.05, 0.1) is 5.56 Å². The van der Waals surface area contributed by atoms with Gasteiger partial charge in [-0.1, -0.05) is 0 Å². The number of carbonyl (C=O) groups excluding carboxylic acids is 1. The minimum Gasteiger partial charge on any atom is -0.477 e. The van der Waals surface area contributed by atoms with Crippen molar-refractivity contribution in [2.45, 2.75) is 40.2 Å². The number of carboxylic acids is 1. The average Bonchev–Trinajstić information content (AvgIpc) is 2.64. The van der Waals surface area contributed by atoms with Crippen LogP contribution in [0.25, 0.3) is 0 Å². The Morgan fingerprint density at radius 3 is 2.30 bits per heavy atom. The SMILES string of the molecule is Cc1[nH]c(C(=O)O)c(C)c1C(=O)N(CCCO)C(C)C. The van der Waals surface area contributed by atoms with Crippen LogP contribution in [0.4, 0.5) is 0 Å². The molecule has 112 valence electrons. The predicted molar refractivity (Wildman–Crippen MR) is 75.1 cm³/mol. The van der Waals surface area contributed by atoms with Gasteiger partial charge in [0, 0.05) is 24.9 Å². The molecule has 0 spiro atoms. The molecule has 1 amide bonds. The third-order valence-corrected chi connectivity index (χ3v) is 3.31. The van der Waals surface area contributed by atoms with E-state index in [0.29, 0.717) is 29.8 Å². The number of aromatic nitrogens is 1. The summed E-state index contributed by atoms with van der Waals surface area (Å²) in [6.07, 6.45) is 0.498. The molecule has 0 fully saturated rings. The second-order valence-electron chi connectivity index (χ2n) is 5.10. The number of rotatable bonds is 6. The van der Waals surface area contributed by atoms with Crippen LogP contribution in [-0.2, 0) is 0 Å². The van der Waals surface area contributed by atoms with Gasteiger partial charge in [-0.2, -0.15) is 0 Å². The summed E-state index contributed by atoms with van der Waals surface area (Å²) in [5.41, 5.74) is 1.47. The van der Waals surface area contributed by atoms with Gasteiger partial charge in [0.15, 0.2) is 0 Å². The fourth-order valence-corrected chi connectivity index (χ4v) is 2.26. The first-order valence-corrected chi connectivity index (χ1v) is 6.65. The van der Waals surface area contributed by atoms with Gasteiger partial charge in [0.25, 0.3) is 5.91 Å². The quantitative estimate of drug-likeness (QED) is 0.738. The van der Waals surface area contributed by atoms with E-state index in [1.807, 2.05) is 13.8 Å². The molecule has 1 aromatic heterocycles. The first-order chi connectivity index (χ1) is 9.31.